The van der Waals surface area contributed by atoms with Gasteiger partial charge in [-0.25, -0.2) is 9.34 Å². The third kappa shape index (κ3) is 10.5. The van der Waals surface area contributed by atoms with Crippen molar-refractivity contribution in [1.29, 1.82) is 0 Å². The fourth-order valence-corrected chi connectivity index (χ4v) is 12.2. The van der Waals surface area contributed by atoms with E-state index in [1.807, 2.05) is 0 Å². The third-order valence-electron chi connectivity index (χ3n) is 14.0. The van der Waals surface area contributed by atoms with Gasteiger partial charge in [0.15, 0.2) is 0 Å². The van der Waals surface area contributed by atoms with E-state index in [1.165, 1.54) is 44.5 Å². The van der Waals surface area contributed by atoms with E-state index in [2.05, 4.69) is 224 Å². The molecular formula is C60H88N2O4P2. The standard InChI is InChI=1S/C60H88N2O4P2/c1-53(2,3)37-29-41-42-30-38(54(4,5)6)34-46(58(16,17)18)50(42)64-67(63-49(41)45(33-37)57(13,14)15)61-25-27-62(28-26-61)68-65-51-43(31-39(55(7,8)9)35-47(51)59(19,20)21)44-32-40(56(10,11)12)36-48(52(44)66-68)60(22,23)24/h29-36H,25-28H2,1-24H3. The fourth-order valence-electron chi connectivity index (χ4n) is 9.26. The van der Waals surface area contributed by atoms with E-state index < -0.39 is 16.3 Å². The van der Waals surface area contributed by atoms with E-state index in [-0.39, 0.29) is 43.3 Å². The second-order valence-corrected chi connectivity index (χ2v) is 31.2. The number of piperazine rings is 1. The van der Waals surface area contributed by atoms with Crippen LogP contribution in [0.3, 0.4) is 0 Å². The van der Waals surface area contributed by atoms with Crippen LogP contribution in [0.1, 0.15) is 211 Å². The first-order valence-electron chi connectivity index (χ1n) is 25.3. The predicted octanol–water partition coefficient (Wildman–Crippen LogP) is 18.9. The van der Waals surface area contributed by atoms with Gasteiger partial charge < -0.3 is 16.8 Å². The summed E-state index contributed by atoms with van der Waals surface area (Å²) in [6, 6.07) is 19.2. The van der Waals surface area contributed by atoms with Gasteiger partial charge in [0.25, 0.3) is 0 Å². The molecule has 0 atom stereocenters. The maximum absolute atomic E-state index is 7.47. The second kappa shape index (κ2) is 17.1. The molecule has 0 amide bonds. The smallest absolute Gasteiger partial charge is 0.309 e. The molecule has 4 aromatic carbocycles. The van der Waals surface area contributed by atoms with Gasteiger partial charge in [-0.2, -0.15) is 0 Å². The summed E-state index contributed by atoms with van der Waals surface area (Å²) >= 11 is 0. The fraction of sp³-hybridized carbons (Fsp3) is 0.600. The second-order valence-electron chi connectivity index (χ2n) is 28.4. The number of rotatable bonds is 2. The lowest BCUT2D eigenvalue weighted by Crippen LogP contribution is -2.44. The van der Waals surface area contributed by atoms with E-state index in [0.29, 0.717) is 0 Å². The average Bonchev–Trinajstić information content (AvgIpc) is 3.44. The molecule has 6 aromatic rings. The van der Waals surface area contributed by atoms with Crippen molar-refractivity contribution in [1.82, 2.24) is 0 Å². The molecule has 1 fully saturated rings. The Kier molecular flexibility index (Phi) is 13.2. The molecule has 1 saturated heterocycles. The van der Waals surface area contributed by atoms with Crippen molar-refractivity contribution in [2.75, 3.05) is 35.5 Å². The van der Waals surface area contributed by atoms with Crippen LogP contribution in [0.2, 0.25) is 0 Å². The highest BCUT2D eigenvalue weighted by Gasteiger charge is 2.34. The Bertz CT molecular complexity index is 2580. The normalized spacial score (nSPS) is 15.9. The van der Waals surface area contributed by atoms with Gasteiger partial charge in [-0.3, -0.25) is 0 Å². The lowest BCUT2D eigenvalue weighted by atomic mass is 9.77. The van der Waals surface area contributed by atoms with Crippen LogP contribution in [-0.4, -0.2) is 26.2 Å². The summed E-state index contributed by atoms with van der Waals surface area (Å²) in [4.78, 5) is 0. The Balaban J connectivity index is 1.49. The van der Waals surface area contributed by atoms with Crippen molar-refractivity contribution in [3.8, 4) is 0 Å². The van der Waals surface area contributed by atoms with E-state index in [4.69, 9.17) is 16.8 Å². The van der Waals surface area contributed by atoms with Gasteiger partial charge >= 0.3 is 16.3 Å². The minimum absolute atomic E-state index is 0.0616. The Morgan fingerprint density at radius 2 is 0.456 bits per heavy atom. The molecule has 8 heteroatoms. The van der Waals surface area contributed by atoms with E-state index >= 15 is 0 Å². The quantitative estimate of drug-likeness (QED) is 0.172. The first kappa shape index (κ1) is 52.4. The zero-order valence-electron chi connectivity index (χ0n) is 46.9. The predicted molar refractivity (Wildman–Crippen MR) is 298 cm³/mol. The van der Waals surface area contributed by atoms with Crippen molar-refractivity contribution in [3.63, 3.8) is 0 Å². The van der Waals surface area contributed by atoms with Crippen LogP contribution in [0.25, 0.3) is 43.9 Å². The molecular weight excluding hydrogens is 875 g/mol. The number of nitrogens with zero attached hydrogens (tertiary/aromatic N) is 2. The van der Waals surface area contributed by atoms with Gasteiger partial charge in [0.2, 0.25) is 0 Å². The van der Waals surface area contributed by atoms with Gasteiger partial charge in [0, 0.05) is 70.0 Å². The summed E-state index contributed by atoms with van der Waals surface area (Å²) in [6.07, 6.45) is 0. The van der Waals surface area contributed by atoms with Crippen LogP contribution < -0.4 is 9.34 Å². The maximum atomic E-state index is 7.47. The summed E-state index contributed by atoms with van der Waals surface area (Å²) in [5.41, 5.74) is 12.9. The van der Waals surface area contributed by atoms with Crippen LogP contribution in [0.15, 0.2) is 65.3 Å². The third-order valence-corrected chi connectivity index (χ3v) is 17.1. The van der Waals surface area contributed by atoms with Gasteiger partial charge in [-0.05, 0) is 89.8 Å². The Morgan fingerprint density at radius 3 is 0.603 bits per heavy atom. The largest absolute Gasteiger partial charge is 0.407 e. The van der Waals surface area contributed by atoms with Gasteiger partial charge in [-0.1, -0.05) is 190 Å². The number of benzene rings is 4. The molecule has 0 N–H and O–H groups in total. The van der Waals surface area contributed by atoms with Crippen molar-refractivity contribution in [2.45, 2.75) is 209 Å². The zero-order valence-corrected chi connectivity index (χ0v) is 48.7. The molecule has 2 aromatic heterocycles. The molecule has 0 bridgehead atoms. The number of hydrogen-bond acceptors (Lipinski definition) is 6. The van der Waals surface area contributed by atoms with Gasteiger partial charge in [-0.15, -0.1) is 0 Å². The number of hydrogen-bond donors (Lipinski definition) is 0. The van der Waals surface area contributed by atoms with Crippen molar-refractivity contribution >= 4 is 60.2 Å². The molecule has 0 saturated carbocycles. The SMILES string of the molecule is CC(C)(C)c1cc(C(C)(C)C)c2op(N3CCN(p4oc5c(C(C)(C)C)cc(C(C)(C)C)cc5c5cc(C(C)(C)C)cc(C(C)(C)C)c5o4)CC3)oc3c(C(C)(C)C)cc(C(C)(C)C)cc3c2c1. The summed E-state index contributed by atoms with van der Waals surface area (Å²) in [5, 5.41) is 4.53. The monoisotopic (exact) mass is 963 g/mol. The van der Waals surface area contributed by atoms with Crippen LogP contribution in [0.4, 0.5) is 0 Å². The Labute approximate surface area is 413 Å². The first-order valence-corrected chi connectivity index (χ1v) is 27.6. The maximum Gasteiger partial charge on any atom is 0.309 e. The zero-order chi connectivity index (χ0) is 50.9. The summed E-state index contributed by atoms with van der Waals surface area (Å²) in [6.45, 7) is 58.5. The van der Waals surface area contributed by atoms with Crippen molar-refractivity contribution in [2.24, 2.45) is 0 Å². The molecule has 0 unspecified atom stereocenters. The Hall–Kier alpha value is -3.40. The molecule has 68 heavy (non-hydrogen) atoms. The molecule has 7 rings (SSSR count). The summed E-state index contributed by atoms with van der Waals surface area (Å²) in [5.74, 6) is 0. The van der Waals surface area contributed by atoms with Gasteiger partial charge in [0.05, 0.1) is 0 Å². The van der Waals surface area contributed by atoms with E-state index in [0.717, 1.165) is 70.1 Å². The summed E-state index contributed by atoms with van der Waals surface area (Å²) in [7, 11) is -3.11. The van der Waals surface area contributed by atoms with Crippen molar-refractivity contribution < 1.29 is 16.8 Å². The topological polar surface area (TPSA) is 59.0 Å². The van der Waals surface area contributed by atoms with E-state index in [9.17, 15) is 0 Å². The molecule has 3 heterocycles. The molecule has 1 aliphatic rings. The average molecular weight is 963 g/mol. The first-order chi connectivity index (χ1) is 30.7. The minimum Gasteiger partial charge on any atom is -0.407 e. The molecule has 0 spiro atoms. The Morgan fingerprint density at radius 1 is 0.279 bits per heavy atom. The molecule has 0 radical (unpaired) electrons. The van der Waals surface area contributed by atoms with Crippen molar-refractivity contribution in [3.05, 3.63) is 93.0 Å². The van der Waals surface area contributed by atoms with Crippen LogP contribution in [-0.2, 0) is 43.3 Å². The summed E-state index contributed by atoms with van der Waals surface area (Å²) < 4.78 is 34.8. The highest BCUT2D eigenvalue weighted by atomic mass is 31.1. The lowest BCUT2D eigenvalue weighted by molar-refractivity contribution is 0.542. The van der Waals surface area contributed by atoms with Crippen LogP contribution >= 0.6 is 16.3 Å². The van der Waals surface area contributed by atoms with Crippen LogP contribution in [0, 0.1) is 0 Å². The molecule has 6 nitrogen and oxygen atoms in total. The highest BCUT2D eigenvalue weighted by molar-refractivity contribution is 7.39. The minimum atomic E-state index is -1.56. The molecule has 0 aliphatic carbocycles. The van der Waals surface area contributed by atoms with Crippen LogP contribution in [0.5, 0.6) is 0 Å². The lowest BCUT2D eigenvalue weighted by Gasteiger charge is -2.30. The van der Waals surface area contributed by atoms with Gasteiger partial charge in [0.1, 0.15) is 22.3 Å². The number of fused-ring (bicyclic) bond motifs is 6. The molecule has 372 valence electrons. The highest BCUT2D eigenvalue weighted by Crippen LogP contribution is 2.49. The molecule has 1 aliphatic heterocycles. The van der Waals surface area contributed by atoms with E-state index in [1.54, 1.807) is 0 Å².